The second-order valence-electron chi connectivity index (χ2n) is 4.10. The molecule has 3 nitrogen and oxygen atoms in total. The van der Waals surface area contributed by atoms with E-state index in [9.17, 15) is 8.42 Å². The maximum atomic E-state index is 11.5. The molecule has 2 N–H and O–H groups in total. The van der Waals surface area contributed by atoms with E-state index in [0.717, 1.165) is 6.26 Å². The highest BCUT2D eigenvalue weighted by Gasteiger charge is 2.17. The molecule has 1 atom stereocenters. The van der Waals surface area contributed by atoms with Gasteiger partial charge in [-0.05, 0) is 23.8 Å². The molecule has 1 unspecified atom stereocenters. The van der Waals surface area contributed by atoms with Crippen molar-refractivity contribution in [2.75, 3.05) is 6.26 Å². The molecule has 7 heteroatoms. The molecule has 0 saturated carbocycles. The lowest BCUT2D eigenvalue weighted by Crippen LogP contribution is -2.12. The highest BCUT2D eigenvalue weighted by atomic mass is 35.5. The third kappa shape index (κ3) is 3.30. The van der Waals surface area contributed by atoms with Crippen molar-refractivity contribution in [2.45, 2.75) is 10.9 Å². The molecule has 19 heavy (non-hydrogen) atoms. The summed E-state index contributed by atoms with van der Waals surface area (Å²) in [4.78, 5) is 0.234. The Morgan fingerprint density at radius 1 is 1.26 bits per heavy atom. The van der Waals surface area contributed by atoms with Crippen molar-refractivity contribution in [1.82, 2.24) is 0 Å². The second kappa shape index (κ2) is 5.42. The number of nitrogens with two attached hydrogens (primary N) is 1. The van der Waals surface area contributed by atoms with Crippen LogP contribution in [0, 0.1) is 0 Å². The monoisotopic (exact) mass is 335 g/mol. The molecule has 102 valence electrons. The zero-order chi connectivity index (χ0) is 14.2. The van der Waals surface area contributed by atoms with Gasteiger partial charge in [0.25, 0.3) is 0 Å². The number of halogens is 2. The van der Waals surface area contributed by atoms with Crippen LogP contribution in [0.2, 0.25) is 8.67 Å². The van der Waals surface area contributed by atoms with Crippen LogP contribution < -0.4 is 5.73 Å². The molecule has 0 bridgehead atoms. The van der Waals surface area contributed by atoms with E-state index in [0.29, 0.717) is 19.8 Å². The predicted molar refractivity (Wildman–Crippen MR) is 79.9 cm³/mol. The lowest BCUT2D eigenvalue weighted by Gasteiger charge is -2.12. The van der Waals surface area contributed by atoms with Gasteiger partial charge in [-0.1, -0.05) is 35.3 Å². The van der Waals surface area contributed by atoms with Crippen molar-refractivity contribution in [3.63, 3.8) is 0 Å². The average Bonchev–Trinajstić information content (AvgIpc) is 2.66. The van der Waals surface area contributed by atoms with Crippen LogP contribution in [0.25, 0.3) is 0 Å². The summed E-state index contributed by atoms with van der Waals surface area (Å²) in [6, 6.07) is 7.72. The van der Waals surface area contributed by atoms with Crippen molar-refractivity contribution < 1.29 is 8.42 Å². The summed E-state index contributed by atoms with van der Waals surface area (Å²) in [7, 11) is -3.26. The zero-order valence-electron chi connectivity index (χ0n) is 9.93. The van der Waals surface area contributed by atoms with Crippen molar-refractivity contribution in [3.05, 3.63) is 50.1 Å². The molecule has 1 heterocycles. The molecule has 2 rings (SSSR count). The largest absolute Gasteiger partial charge is 0.320 e. The first-order valence-electron chi connectivity index (χ1n) is 5.29. The van der Waals surface area contributed by atoms with E-state index in [1.807, 2.05) is 0 Å². The van der Waals surface area contributed by atoms with Gasteiger partial charge in [-0.3, -0.25) is 0 Å². The molecule has 0 saturated heterocycles. The summed E-state index contributed by atoms with van der Waals surface area (Å²) >= 11 is 13.2. The first-order valence-corrected chi connectivity index (χ1v) is 8.76. The number of hydrogen-bond donors (Lipinski definition) is 1. The van der Waals surface area contributed by atoms with E-state index < -0.39 is 15.9 Å². The van der Waals surface area contributed by atoms with Gasteiger partial charge in [-0.2, -0.15) is 0 Å². The predicted octanol–water partition coefficient (Wildman–Crippen LogP) is 3.51. The molecule has 0 aliphatic carbocycles. The Morgan fingerprint density at radius 3 is 2.47 bits per heavy atom. The minimum Gasteiger partial charge on any atom is -0.320 e. The topological polar surface area (TPSA) is 60.2 Å². The van der Waals surface area contributed by atoms with Crippen LogP contribution in [0.4, 0.5) is 0 Å². The quantitative estimate of drug-likeness (QED) is 0.933. The number of rotatable bonds is 3. The molecule has 0 radical (unpaired) electrons. The SMILES string of the molecule is CS(=O)(=O)c1cccc(C(N)c2cc(Cl)sc2Cl)c1. The van der Waals surface area contributed by atoms with Gasteiger partial charge in [0.2, 0.25) is 0 Å². The van der Waals surface area contributed by atoms with E-state index in [1.54, 1.807) is 24.3 Å². The van der Waals surface area contributed by atoms with Crippen LogP contribution in [0.3, 0.4) is 0 Å². The van der Waals surface area contributed by atoms with Crippen molar-refractivity contribution in [3.8, 4) is 0 Å². The summed E-state index contributed by atoms with van der Waals surface area (Å²) in [5.41, 5.74) is 7.49. The standard InChI is InChI=1S/C12H11Cl2NO2S2/c1-19(16,17)8-4-2-3-7(5-8)11(15)9-6-10(13)18-12(9)14/h2-6,11H,15H2,1H3. The molecule has 1 aromatic heterocycles. The molecular weight excluding hydrogens is 325 g/mol. The van der Waals surface area contributed by atoms with Gasteiger partial charge in [-0.25, -0.2) is 8.42 Å². The van der Waals surface area contributed by atoms with E-state index >= 15 is 0 Å². The lowest BCUT2D eigenvalue weighted by atomic mass is 10.0. The van der Waals surface area contributed by atoms with Crippen LogP contribution in [-0.4, -0.2) is 14.7 Å². The summed E-state index contributed by atoms with van der Waals surface area (Å²) in [6.45, 7) is 0. The summed E-state index contributed by atoms with van der Waals surface area (Å²) in [6.07, 6.45) is 1.16. The maximum absolute atomic E-state index is 11.5. The highest BCUT2D eigenvalue weighted by molar-refractivity contribution is 7.90. The molecule has 1 aromatic carbocycles. The Balaban J connectivity index is 2.45. The minimum absolute atomic E-state index is 0.234. The van der Waals surface area contributed by atoms with Crippen LogP contribution >= 0.6 is 34.5 Å². The summed E-state index contributed by atoms with van der Waals surface area (Å²) in [5, 5.41) is 0. The fourth-order valence-electron chi connectivity index (χ4n) is 1.68. The molecule has 0 amide bonds. The average molecular weight is 336 g/mol. The zero-order valence-corrected chi connectivity index (χ0v) is 13.1. The smallest absolute Gasteiger partial charge is 0.175 e. The van der Waals surface area contributed by atoms with Gasteiger partial charge in [0.15, 0.2) is 9.84 Å². The first kappa shape index (κ1) is 14.8. The van der Waals surface area contributed by atoms with Crippen LogP contribution in [0.15, 0.2) is 35.2 Å². The molecule has 2 aromatic rings. The van der Waals surface area contributed by atoms with Crippen molar-refractivity contribution >= 4 is 44.4 Å². The lowest BCUT2D eigenvalue weighted by molar-refractivity contribution is 0.601. The molecule has 0 aliphatic rings. The second-order valence-corrected chi connectivity index (χ2v) is 8.40. The Morgan fingerprint density at radius 2 is 1.95 bits per heavy atom. The van der Waals surface area contributed by atoms with Crippen LogP contribution in [0.1, 0.15) is 17.2 Å². The van der Waals surface area contributed by atoms with Gasteiger partial charge >= 0.3 is 0 Å². The fraction of sp³-hybridized carbons (Fsp3) is 0.167. The van der Waals surface area contributed by atoms with Gasteiger partial charge in [0.1, 0.15) is 0 Å². The number of hydrogen-bond acceptors (Lipinski definition) is 4. The van der Waals surface area contributed by atoms with Gasteiger partial charge in [0.05, 0.1) is 19.6 Å². The van der Waals surface area contributed by atoms with Crippen LogP contribution in [0.5, 0.6) is 0 Å². The Labute approximate surface area is 125 Å². The Bertz CT molecular complexity index is 710. The Kier molecular flexibility index (Phi) is 4.23. The number of benzene rings is 1. The molecule has 0 fully saturated rings. The Hall–Kier alpha value is -0.590. The molecular formula is C12H11Cl2NO2S2. The molecule has 0 spiro atoms. The third-order valence-corrected chi connectivity index (χ3v) is 5.29. The van der Waals surface area contributed by atoms with Gasteiger partial charge < -0.3 is 5.73 Å². The normalized spacial score (nSPS) is 13.5. The summed E-state index contributed by atoms with van der Waals surface area (Å²) < 4.78 is 24.1. The fourth-order valence-corrected chi connectivity index (χ4v) is 3.91. The molecule has 0 aliphatic heterocycles. The van der Waals surface area contributed by atoms with E-state index in [4.69, 9.17) is 28.9 Å². The number of thiophene rings is 1. The van der Waals surface area contributed by atoms with Crippen LogP contribution in [-0.2, 0) is 9.84 Å². The van der Waals surface area contributed by atoms with E-state index in [1.165, 1.54) is 17.4 Å². The number of sulfone groups is 1. The van der Waals surface area contributed by atoms with Crippen molar-refractivity contribution in [2.24, 2.45) is 5.73 Å². The minimum atomic E-state index is -3.26. The van der Waals surface area contributed by atoms with Gasteiger partial charge in [-0.15, -0.1) is 11.3 Å². The van der Waals surface area contributed by atoms with E-state index in [-0.39, 0.29) is 4.90 Å². The highest BCUT2D eigenvalue weighted by Crippen LogP contribution is 2.36. The summed E-state index contributed by atoms with van der Waals surface area (Å²) in [5.74, 6) is 0. The third-order valence-electron chi connectivity index (χ3n) is 2.66. The van der Waals surface area contributed by atoms with Crippen molar-refractivity contribution in [1.29, 1.82) is 0 Å². The van der Waals surface area contributed by atoms with Gasteiger partial charge in [0, 0.05) is 11.8 Å². The first-order chi connectivity index (χ1) is 8.79. The van der Waals surface area contributed by atoms with E-state index in [2.05, 4.69) is 0 Å². The maximum Gasteiger partial charge on any atom is 0.175 e.